The van der Waals surface area contributed by atoms with Gasteiger partial charge in [0.2, 0.25) is 5.78 Å². The molecule has 0 bridgehead atoms. The molecule has 2 heterocycles. The van der Waals surface area contributed by atoms with Gasteiger partial charge in [0.05, 0.1) is 19.7 Å². The maximum Gasteiger partial charge on any atom is 0.295 e. The molecule has 2 aromatic carbocycles. The third-order valence-corrected chi connectivity index (χ3v) is 5.90. The summed E-state index contributed by atoms with van der Waals surface area (Å²) in [6.07, 6.45) is 3.55. The number of rotatable bonds is 6. The minimum atomic E-state index is -0.773. The molecule has 1 fully saturated rings. The van der Waals surface area contributed by atoms with Gasteiger partial charge in [-0.15, -0.1) is 0 Å². The van der Waals surface area contributed by atoms with Gasteiger partial charge in [0, 0.05) is 17.2 Å². The first-order valence-corrected chi connectivity index (χ1v) is 10.9. The monoisotopic (exact) mass is 442 g/mol. The van der Waals surface area contributed by atoms with Crippen LogP contribution in [0.1, 0.15) is 48.1 Å². The molecule has 33 heavy (non-hydrogen) atoms. The molecule has 4 rings (SSSR count). The summed E-state index contributed by atoms with van der Waals surface area (Å²) < 4.78 is 5.24. The lowest BCUT2D eigenvalue weighted by atomic mass is 9.93. The highest BCUT2D eigenvalue weighted by Gasteiger charge is 2.44. The van der Waals surface area contributed by atoms with E-state index in [0.29, 0.717) is 17.2 Å². The molecule has 0 radical (unpaired) electrons. The second kappa shape index (κ2) is 9.28. The summed E-state index contributed by atoms with van der Waals surface area (Å²) in [5.41, 5.74) is 2.97. The molecular formula is C27H26N2O4. The number of aromatic nitrogens is 1. The second-order valence-corrected chi connectivity index (χ2v) is 8.37. The van der Waals surface area contributed by atoms with Gasteiger partial charge in [0.1, 0.15) is 5.75 Å². The van der Waals surface area contributed by atoms with E-state index in [4.69, 9.17) is 4.74 Å². The number of benzene rings is 2. The number of pyridine rings is 1. The van der Waals surface area contributed by atoms with Crippen LogP contribution in [0.25, 0.3) is 5.76 Å². The van der Waals surface area contributed by atoms with Gasteiger partial charge >= 0.3 is 0 Å². The van der Waals surface area contributed by atoms with Crippen molar-refractivity contribution >= 4 is 17.4 Å². The van der Waals surface area contributed by atoms with Gasteiger partial charge in [-0.05, 0) is 40.8 Å². The molecular weight excluding hydrogens is 416 g/mol. The van der Waals surface area contributed by atoms with E-state index in [2.05, 4.69) is 18.8 Å². The van der Waals surface area contributed by atoms with E-state index in [1.54, 1.807) is 36.7 Å². The van der Waals surface area contributed by atoms with Gasteiger partial charge in [-0.2, -0.15) is 0 Å². The average Bonchev–Trinajstić information content (AvgIpc) is 3.09. The Balaban J connectivity index is 1.85. The van der Waals surface area contributed by atoms with Gasteiger partial charge in [-0.1, -0.05) is 56.0 Å². The summed E-state index contributed by atoms with van der Waals surface area (Å²) in [6, 6.07) is 17.3. The predicted molar refractivity (Wildman–Crippen MR) is 122 cm³/mol. The molecule has 1 saturated heterocycles. The van der Waals surface area contributed by atoms with Gasteiger partial charge in [0.25, 0.3) is 5.91 Å². The van der Waals surface area contributed by atoms with Crippen LogP contribution >= 0.6 is 0 Å². The minimum Gasteiger partial charge on any atom is -0.872 e. The highest BCUT2D eigenvalue weighted by atomic mass is 16.5. The van der Waals surface area contributed by atoms with Crippen LogP contribution in [-0.4, -0.2) is 23.7 Å². The molecule has 1 atom stereocenters. The van der Waals surface area contributed by atoms with E-state index in [-0.39, 0.29) is 12.1 Å². The van der Waals surface area contributed by atoms with Crippen LogP contribution in [0.2, 0.25) is 0 Å². The molecule has 6 heteroatoms. The van der Waals surface area contributed by atoms with Crippen molar-refractivity contribution in [2.24, 2.45) is 0 Å². The smallest absolute Gasteiger partial charge is 0.295 e. The van der Waals surface area contributed by atoms with E-state index in [1.807, 2.05) is 36.4 Å². The molecule has 3 aromatic rings. The Kier molecular flexibility index (Phi) is 6.27. The number of ether oxygens (including phenoxy) is 1. The van der Waals surface area contributed by atoms with Crippen molar-refractivity contribution in [3.8, 4) is 5.75 Å². The number of Topliss-reactive ketones (excluding diaryl/α,β-unsaturated/α-hetero) is 1. The van der Waals surface area contributed by atoms with E-state index in [0.717, 1.165) is 16.7 Å². The molecule has 1 N–H and O–H groups in total. The Morgan fingerprint density at radius 2 is 1.85 bits per heavy atom. The third-order valence-electron chi connectivity index (χ3n) is 5.90. The summed E-state index contributed by atoms with van der Waals surface area (Å²) in [5.74, 6) is -1.06. The van der Waals surface area contributed by atoms with Crippen molar-refractivity contribution < 1.29 is 24.4 Å². The number of likely N-dealkylation sites (tertiary alicyclic amines) is 1. The molecule has 1 unspecified atom stereocenters. The van der Waals surface area contributed by atoms with Crippen LogP contribution in [0.15, 0.2) is 78.6 Å². The summed E-state index contributed by atoms with van der Waals surface area (Å²) >= 11 is 0. The van der Waals surface area contributed by atoms with Crippen LogP contribution in [0.5, 0.6) is 5.75 Å². The Morgan fingerprint density at radius 1 is 1.09 bits per heavy atom. The summed E-state index contributed by atoms with van der Waals surface area (Å²) in [7, 11) is 1.51. The van der Waals surface area contributed by atoms with Crippen molar-refractivity contribution in [2.45, 2.75) is 32.4 Å². The fourth-order valence-corrected chi connectivity index (χ4v) is 4.09. The Morgan fingerprint density at radius 3 is 2.48 bits per heavy atom. The molecule has 0 aliphatic carbocycles. The standard InChI is InChI=1S/C27H26N2O4/c1-17(2)19-9-11-20(12-10-19)24-23(25(30)21-7-4-8-22(14-21)33-3)26(31)27(32)29(24)16-18-6-5-13-28-15-18/h4-15,17,24,30H,16H2,1-3H3. The minimum absolute atomic E-state index is 0.0366. The van der Waals surface area contributed by atoms with Gasteiger partial charge < -0.3 is 14.7 Å². The van der Waals surface area contributed by atoms with Crippen molar-refractivity contribution in [1.29, 1.82) is 0 Å². The number of hydrogen-bond acceptors (Lipinski definition) is 4. The molecule has 0 saturated carbocycles. The van der Waals surface area contributed by atoms with E-state index in [1.165, 1.54) is 12.0 Å². The quantitative estimate of drug-likeness (QED) is 0.334. The maximum atomic E-state index is 13.5. The van der Waals surface area contributed by atoms with Gasteiger partial charge in [-0.25, -0.2) is 4.98 Å². The topological polar surface area (TPSA) is 83.8 Å². The first-order chi connectivity index (χ1) is 15.9. The number of nitrogens with one attached hydrogen (secondary N) is 1. The molecule has 1 aliphatic heterocycles. The van der Waals surface area contributed by atoms with Gasteiger partial charge in [-0.3, -0.25) is 9.59 Å². The number of hydrogen-bond donors (Lipinski definition) is 0. The van der Waals surface area contributed by atoms with Gasteiger partial charge in [0.15, 0.2) is 12.4 Å². The summed E-state index contributed by atoms with van der Waals surface area (Å²) in [6.45, 7) is 4.40. The van der Waals surface area contributed by atoms with Crippen LogP contribution in [0, 0.1) is 0 Å². The van der Waals surface area contributed by atoms with Crippen molar-refractivity contribution in [3.63, 3.8) is 0 Å². The van der Waals surface area contributed by atoms with Crippen LogP contribution < -0.4 is 14.8 Å². The van der Waals surface area contributed by atoms with Crippen molar-refractivity contribution in [1.82, 2.24) is 4.90 Å². The highest BCUT2D eigenvalue weighted by molar-refractivity contribution is 6.46. The molecule has 168 valence electrons. The normalized spacial score (nSPS) is 17.6. The number of H-pyrrole nitrogens is 1. The summed E-state index contributed by atoms with van der Waals surface area (Å²) in [4.78, 5) is 30.7. The molecule has 6 nitrogen and oxygen atoms in total. The lowest BCUT2D eigenvalue weighted by molar-refractivity contribution is -0.378. The van der Waals surface area contributed by atoms with E-state index < -0.39 is 23.5 Å². The predicted octanol–water partition coefficient (Wildman–Crippen LogP) is 3.06. The first-order valence-electron chi connectivity index (χ1n) is 10.9. The number of amides is 1. The number of carbonyl (C=O) groups is 2. The Labute approximate surface area is 193 Å². The zero-order valence-electron chi connectivity index (χ0n) is 18.9. The molecule has 0 spiro atoms. The number of carbonyl (C=O) groups excluding carboxylic acids is 2. The van der Waals surface area contributed by atoms with Crippen LogP contribution in [0.4, 0.5) is 0 Å². The fraction of sp³-hybridized carbons (Fsp3) is 0.222. The molecule has 1 aromatic heterocycles. The average molecular weight is 443 g/mol. The number of aromatic amines is 1. The van der Waals surface area contributed by atoms with Crippen molar-refractivity contribution in [3.05, 3.63) is 101 Å². The lowest BCUT2D eigenvalue weighted by Gasteiger charge is -2.27. The second-order valence-electron chi connectivity index (χ2n) is 8.37. The summed E-state index contributed by atoms with van der Waals surface area (Å²) in [5, 5.41) is 13.5. The Bertz CT molecular complexity index is 1200. The van der Waals surface area contributed by atoms with Crippen LogP contribution in [-0.2, 0) is 16.1 Å². The SMILES string of the molecule is COc1cccc(C([O-])=C2C(=O)C(=O)N(Cc3ccc[nH+]c3)C2c2ccc(C(C)C)cc2)c1. The zero-order valence-corrected chi connectivity index (χ0v) is 18.9. The van der Waals surface area contributed by atoms with E-state index in [9.17, 15) is 14.7 Å². The Hall–Kier alpha value is -3.93. The number of nitrogens with zero attached hydrogens (tertiary/aromatic N) is 1. The number of methoxy groups -OCH3 is 1. The molecule has 1 amide bonds. The van der Waals surface area contributed by atoms with Crippen molar-refractivity contribution in [2.75, 3.05) is 7.11 Å². The highest BCUT2D eigenvalue weighted by Crippen LogP contribution is 2.40. The molecule has 1 aliphatic rings. The van der Waals surface area contributed by atoms with E-state index >= 15 is 0 Å². The number of ketones is 1. The maximum absolute atomic E-state index is 13.5. The third kappa shape index (κ3) is 4.37. The fourth-order valence-electron chi connectivity index (χ4n) is 4.09. The lowest BCUT2D eigenvalue weighted by Crippen LogP contribution is -2.29. The first kappa shape index (κ1) is 22.3. The van der Waals surface area contributed by atoms with Crippen LogP contribution in [0.3, 0.4) is 0 Å². The largest absolute Gasteiger partial charge is 0.872 e. The zero-order chi connectivity index (χ0) is 23.5.